The normalized spacial score (nSPS) is 15.5. The lowest BCUT2D eigenvalue weighted by atomic mass is 10.1. The van der Waals surface area contributed by atoms with Crippen LogP contribution in [0.2, 0.25) is 0 Å². The van der Waals surface area contributed by atoms with Crippen LogP contribution in [0.3, 0.4) is 0 Å². The number of amides is 1. The van der Waals surface area contributed by atoms with Crippen LogP contribution in [-0.4, -0.2) is 66.0 Å². The van der Waals surface area contributed by atoms with E-state index in [4.69, 9.17) is 4.74 Å². The van der Waals surface area contributed by atoms with E-state index >= 15 is 0 Å². The molecule has 1 fully saturated rings. The van der Waals surface area contributed by atoms with Gasteiger partial charge in [-0.1, -0.05) is 0 Å². The molecule has 152 valence electrons. The first kappa shape index (κ1) is 20.1. The quantitative estimate of drug-likeness (QED) is 0.716. The van der Waals surface area contributed by atoms with Crippen LogP contribution < -0.4 is 9.04 Å². The highest BCUT2D eigenvalue weighted by Gasteiger charge is 2.26. The average molecular weight is 407 g/mol. The van der Waals surface area contributed by atoms with E-state index in [1.807, 2.05) is 0 Å². The molecule has 0 saturated carbocycles. The summed E-state index contributed by atoms with van der Waals surface area (Å²) in [6.07, 6.45) is 4.48. The smallest absolute Gasteiger partial charge is 0.272 e. The third-order valence-corrected chi connectivity index (χ3v) is 6.70. The Morgan fingerprint density at radius 2 is 2.00 bits per heavy atom. The number of aryl methyl sites for hydroxylation is 1. The first-order chi connectivity index (χ1) is 13.3. The van der Waals surface area contributed by atoms with Crippen LogP contribution in [0.5, 0.6) is 5.88 Å². The molecule has 0 bridgehead atoms. The van der Waals surface area contributed by atoms with Crippen molar-refractivity contribution >= 4 is 21.6 Å². The van der Waals surface area contributed by atoms with Crippen molar-refractivity contribution in [3.63, 3.8) is 0 Å². The van der Waals surface area contributed by atoms with Crippen LogP contribution >= 0.6 is 0 Å². The maximum atomic E-state index is 12.5. The standard InChI is InChI=1S/C18H25N5O4S/c1-4-28(25,26)22(3)14-5-6-17(19-13-14)27-15-8-11-23(12-9-15)18(24)16-7-10-20-21(16)2/h5-7,10,13,15H,4,8-9,11-12H2,1-3H3. The van der Waals surface area contributed by atoms with Crippen molar-refractivity contribution in [3.8, 4) is 5.88 Å². The Kier molecular flexibility index (Phi) is 5.87. The topological polar surface area (TPSA) is 97.6 Å². The van der Waals surface area contributed by atoms with Crippen molar-refractivity contribution in [2.45, 2.75) is 25.9 Å². The first-order valence-corrected chi connectivity index (χ1v) is 10.8. The van der Waals surface area contributed by atoms with Gasteiger partial charge in [-0.3, -0.25) is 13.8 Å². The van der Waals surface area contributed by atoms with Gasteiger partial charge in [0.1, 0.15) is 11.8 Å². The number of pyridine rings is 1. The summed E-state index contributed by atoms with van der Waals surface area (Å²) in [5, 5.41) is 4.04. The van der Waals surface area contributed by atoms with Gasteiger partial charge in [0.05, 0.1) is 17.6 Å². The predicted octanol–water partition coefficient (Wildman–Crippen LogP) is 1.28. The molecule has 0 spiro atoms. The van der Waals surface area contributed by atoms with Gasteiger partial charge in [0.25, 0.3) is 5.91 Å². The van der Waals surface area contributed by atoms with Crippen LogP contribution in [0.1, 0.15) is 30.3 Å². The number of ether oxygens (including phenoxy) is 1. The molecule has 9 nitrogen and oxygen atoms in total. The second kappa shape index (κ2) is 8.17. The summed E-state index contributed by atoms with van der Waals surface area (Å²) >= 11 is 0. The fraction of sp³-hybridized carbons (Fsp3) is 0.500. The van der Waals surface area contributed by atoms with E-state index < -0.39 is 10.0 Å². The van der Waals surface area contributed by atoms with E-state index in [9.17, 15) is 13.2 Å². The third-order valence-electron chi connectivity index (χ3n) is 4.92. The van der Waals surface area contributed by atoms with Crippen LogP contribution in [-0.2, 0) is 17.1 Å². The second-order valence-corrected chi connectivity index (χ2v) is 8.96. The van der Waals surface area contributed by atoms with Gasteiger partial charge in [0.2, 0.25) is 15.9 Å². The molecular formula is C18H25N5O4S. The number of anilines is 1. The third kappa shape index (κ3) is 4.27. The molecule has 3 rings (SSSR count). The zero-order valence-electron chi connectivity index (χ0n) is 16.3. The number of sulfonamides is 1. The molecule has 0 N–H and O–H groups in total. The van der Waals surface area contributed by atoms with Crippen LogP contribution in [0, 0.1) is 0 Å². The van der Waals surface area contributed by atoms with Crippen molar-refractivity contribution in [1.29, 1.82) is 0 Å². The average Bonchev–Trinajstić information content (AvgIpc) is 3.14. The molecule has 28 heavy (non-hydrogen) atoms. The van der Waals surface area contributed by atoms with Gasteiger partial charge in [0.15, 0.2) is 0 Å². The Labute approximate surface area is 165 Å². The molecular weight excluding hydrogens is 382 g/mol. The van der Waals surface area contributed by atoms with E-state index in [-0.39, 0.29) is 17.8 Å². The number of aromatic nitrogens is 3. The Morgan fingerprint density at radius 1 is 1.29 bits per heavy atom. The maximum absolute atomic E-state index is 12.5. The first-order valence-electron chi connectivity index (χ1n) is 9.18. The van der Waals surface area contributed by atoms with E-state index in [1.54, 1.807) is 47.9 Å². The monoisotopic (exact) mass is 407 g/mol. The lowest BCUT2D eigenvalue weighted by molar-refractivity contribution is 0.0578. The van der Waals surface area contributed by atoms with Gasteiger partial charge in [-0.15, -0.1) is 0 Å². The van der Waals surface area contributed by atoms with Gasteiger partial charge in [0, 0.05) is 52.3 Å². The summed E-state index contributed by atoms with van der Waals surface area (Å²) in [6, 6.07) is 5.06. The summed E-state index contributed by atoms with van der Waals surface area (Å²) in [7, 11) is -0.0616. The Morgan fingerprint density at radius 3 is 2.54 bits per heavy atom. The van der Waals surface area contributed by atoms with Gasteiger partial charge in [-0.2, -0.15) is 5.10 Å². The van der Waals surface area contributed by atoms with Gasteiger partial charge < -0.3 is 9.64 Å². The van der Waals surface area contributed by atoms with Crippen molar-refractivity contribution in [1.82, 2.24) is 19.7 Å². The van der Waals surface area contributed by atoms with Gasteiger partial charge in [-0.25, -0.2) is 13.4 Å². The minimum atomic E-state index is -3.32. The molecule has 10 heteroatoms. The molecule has 0 aromatic carbocycles. The predicted molar refractivity (Wildman–Crippen MR) is 105 cm³/mol. The zero-order valence-corrected chi connectivity index (χ0v) is 17.1. The largest absolute Gasteiger partial charge is 0.474 e. The summed E-state index contributed by atoms with van der Waals surface area (Å²) in [6.45, 7) is 2.80. The Hall–Kier alpha value is -2.62. The highest BCUT2D eigenvalue weighted by Crippen LogP contribution is 2.22. The second-order valence-electron chi connectivity index (χ2n) is 6.67. The summed E-state index contributed by atoms with van der Waals surface area (Å²) < 4.78 is 32.5. The zero-order chi connectivity index (χ0) is 20.3. The van der Waals surface area contributed by atoms with Crippen molar-refractivity contribution in [3.05, 3.63) is 36.3 Å². The SMILES string of the molecule is CCS(=O)(=O)N(C)c1ccc(OC2CCN(C(=O)c3ccnn3C)CC2)nc1. The van der Waals surface area contributed by atoms with E-state index in [0.29, 0.717) is 43.2 Å². The molecule has 1 aliphatic rings. The maximum Gasteiger partial charge on any atom is 0.272 e. The molecule has 0 aliphatic carbocycles. The molecule has 1 aliphatic heterocycles. The summed E-state index contributed by atoms with van der Waals surface area (Å²) in [4.78, 5) is 18.5. The summed E-state index contributed by atoms with van der Waals surface area (Å²) in [5.41, 5.74) is 1.06. The molecule has 0 radical (unpaired) electrons. The number of hydrogen-bond donors (Lipinski definition) is 0. The molecule has 1 saturated heterocycles. The van der Waals surface area contributed by atoms with E-state index in [0.717, 1.165) is 0 Å². The molecule has 2 aromatic heterocycles. The van der Waals surface area contributed by atoms with Crippen molar-refractivity contribution in [2.75, 3.05) is 30.2 Å². The highest BCUT2D eigenvalue weighted by molar-refractivity contribution is 7.92. The van der Waals surface area contributed by atoms with Gasteiger partial charge >= 0.3 is 0 Å². The lowest BCUT2D eigenvalue weighted by Crippen LogP contribution is -2.42. The highest BCUT2D eigenvalue weighted by atomic mass is 32.2. The van der Waals surface area contributed by atoms with Crippen molar-refractivity contribution in [2.24, 2.45) is 7.05 Å². The number of piperidine rings is 1. The fourth-order valence-electron chi connectivity index (χ4n) is 3.08. The molecule has 0 unspecified atom stereocenters. The minimum absolute atomic E-state index is 0.0257. The Balaban J connectivity index is 1.55. The number of carbonyl (C=O) groups is 1. The van der Waals surface area contributed by atoms with E-state index in [1.165, 1.54) is 17.5 Å². The Bertz CT molecular complexity index is 918. The van der Waals surface area contributed by atoms with Crippen LogP contribution in [0.15, 0.2) is 30.6 Å². The minimum Gasteiger partial charge on any atom is -0.474 e. The molecule has 2 aromatic rings. The lowest BCUT2D eigenvalue weighted by Gasteiger charge is -2.31. The molecule has 1 amide bonds. The van der Waals surface area contributed by atoms with Crippen LogP contribution in [0.4, 0.5) is 5.69 Å². The molecule has 3 heterocycles. The number of carbonyl (C=O) groups excluding carboxylic acids is 1. The van der Waals surface area contributed by atoms with Crippen molar-refractivity contribution < 1.29 is 17.9 Å². The number of rotatable bonds is 6. The van der Waals surface area contributed by atoms with E-state index in [2.05, 4.69) is 10.1 Å². The van der Waals surface area contributed by atoms with Crippen LogP contribution in [0.25, 0.3) is 0 Å². The fourth-order valence-corrected chi connectivity index (χ4v) is 3.89. The van der Waals surface area contributed by atoms with Gasteiger partial charge in [-0.05, 0) is 19.1 Å². The summed E-state index contributed by atoms with van der Waals surface area (Å²) in [5.74, 6) is 0.446. The number of nitrogens with zero attached hydrogens (tertiary/aromatic N) is 5. The number of likely N-dealkylation sites (tertiary alicyclic amines) is 1. The molecule has 0 atom stereocenters. The number of hydrogen-bond acceptors (Lipinski definition) is 6.